The SMILES string of the molecule is CC1CC=CCC1COc1ccnc(CNC2CC2)c1. The molecule has 0 aromatic carbocycles. The molecule has 3 rings (SSSR count). The summed E-state index contributed by atoms with van der Waals surface area (Å²) in [6, 6.07) is 4.75. The van der Waals surface area contributed by atoms with Crippen molar-refractivity contribution in [1.82, 2.24) is 10.3 Å². The summed E-state index contributed by atoms with van der Waals surface area (Å²) in [5, 5.41) is 3.49. The number of rotatable bonds is 6. The van der Waals surface area contributed by atoms with Crippen molar-refractivity contribution in [1.29, 1.82) is 0 Å². The Kier molecular flexibility index (Phi) is 4.36. The van der Waals surface area contributed by atoms with Crippen molar-refractivity contribution in [2.75, 3.05) is 6.61 Å². The molecule has 2 aliphatic rings. The van der Waals surface area contributed by atoms with Gasteiger partial charge in [0.15, 0.2) is 0 Å². The maximum atomic E-state index is 5.98. The molecule has 2 unspecified atom stereocenters. The molecule has 0 aliphatic heterocycles. The fraction of sp³-hybridized carbons (Fsp3) is 0.588. The van der Waals surface area contributed by atoms with E-state index in [1.54, 1.807) is 0 Å². The van der Waals surface area contributed by atoms with Gasteiger partial charge in [-0.3, -0.25) is 4.98 Å². The van der Waals surface area contributed by atoms with Gasteiger partial charge in [0.25, 0.3) is 0 Å². The van der Waals surface area contributed by atoms with Crippen LogP contribution in [-0.4, -0.2) is 17.6 Å². The van der Waals surface area contributed by atoms with Crippen LogP contribution in [0.5, 0.6) is 5.75 Å². The second-order valence-electron chi connectivity index (χ2n) is 6.13. The van der Waals surface area contributed by atoms with Crippen LogP contribution in [0.2, 0.25) is 0 Å². The highest BCUT2D eigenvalue weighted by molar-refractivity contribution is 5.22. The maximum absolute atomic E-state index is 5.98. The first-order valence-corrected chi connectivity index (χ1v) is 7.77. The van der Waals surface area contributed by atoms with Gasteiger partial charge in [-0.1, -0.05) is 19.1 Å². The van der Waals surface area contributed by atoms with E-state index in [1.807, 2.05) is 12.3 Å². The molecule has 0 bridgehead atoms. The third-order valence-corrected chi connectivity index (χ3v) is 4.32. The molecule has 1 aromatic heterocycles. The van der Waals surface area contributed by atoms with Gasteiger partial charge >= 0.3 is 0 Å². The standard InChI is InChI=1S/C17H24N2O/c1-13-4-2-3-5-14(13)12-20-17-8-9-18-16(10-17)11-19-15-6-7-15/h2-3,8-10,13-15,19H,4-7,11-12H2,1H3. The molecule has 3 nitrogen and oxygen atoms in total. The van der Waals surface area contributed by atoms with Gasteiger partial charge < -0.3 is 10.1 Å². The lowest BCUT2D eigenvalue weighted by Gasteiger charge is -2.25. The summed E-state index contributed by atoms with van der Waals surface area (Å²) in [4.78, 5) is 4.40. The highest BCUT2D eigenvalue weighted by Gasteiger charge is 2.20. The van der Waals surface area contributed by atoms with Crippen LogP contribution in [0, 0.1) is 11.8 Å². The first-order valence-electron chi connectivity index (χ1n) is 7.77. The summed E-state index contributed by atoms with van der Waals surface area (Å²) < 4.78 is 5.98. The highest BCUT2D eigenvalue weighted by atomic mass is 16.5. The quantitative estimate of drug-likeness (QED) is 0.807. The molecular weight excluding hydrogens is 248 g/mol. The van der Waals surface area contributed by atoms with Gasteiger partial charge in [-0.15, -0.1) is 0 Å². The predicted octanol–water partition coefficient (Wildman–Crippen LogP) is 3.31. The summed E-state index contributed by atoms with van der Waals surface area (Å²) >= 11 is 0. The largest absolute Gasteiger partial charge is 0.493 e. The Morgan fingerprint density at radius 3 is 2.95 bits per heavy atom. The Morgan fingerprint density at radius 1 is 1.30 bits per heavy atom. The minimum absolute atomic E-state index is 0.640. The van der Waals surface area contributed by atoms with E-state index >= 15 is 0 Å². The first kappa shape index (κ1) is 13.6. The van der Waals surface area contributed by atoms with Crippen LogP contribution < -0.4 is 10.1 Å². The Bertz CT molecular complexity index is 468. The van der Waals surface area contributed by atoms with Gasteiger partial charge in [-0.05, 0) is 43.6 Å². The zero-order chi connectivity index (χ0) is 13.8. The molecule has 1 heterocycles. The molecule has 0 saturated heterocycles. The summed E-state index contributed by atoms with van der Waals surface area (Å²) in [5.41, 5.74) is 1.07. The Morgan fingerprint density at radius 2 is 2.15 bits per heavy atom. The predicted molar refractivity (Wildman–Crippen MR) is 80.6 cm³/mol. The van der Waals surface area contributed by atoms with Crippen LogP contribution in [0.15, 0.2) is 30.5 Å². The Hall–Kier alpha value is -1.35. The average molecular weight is 272 g/mol. The zero-order valence-corrected chi connectivity index (χ0v) is 12.2. The lowest BCUT2D eigenvalue weighted by Crippen LogP contribution is -2.21. The number of ether oxygens (including phenoxy) is 1. The number of hydrogen-bond donors (Lipinski definition) is 1. The number of nitrogens with zero attached hydrogens (tertiary/aromatic N) is 1. The molecule has 20 heavy (non-hydrogen) atoms. The van der Waals surface area contributed by atoms with Gasteiger partial charge in [0.1, 0.15) is 5.75 Å². The van der Waals surface area contributed by atoms with E-state index < -0.39 is 0 Å². The van der Waals surface area contributed by atoms with E-state index in [0.29, 0.717) is 5.92 Å². The van der Waals surface area contributed by atoms with Crippen LogP contribution in [0.4, 0.5) is 0 Å². The van der Waals surface area contributed by atoms with Crippen LogP contribution in [-0.2, 0) is 6.54 Å². The fourth-order valence-corrected chi connectivity index (χ4v) is 2.62. The molecule has 2 atom stereocenters. The highest BCUT2D eigenvalue weighted by Crippen LogP contribution is 2.26. The molecule has 1 aromatic rings. The van der Waals surface area contributed by atoms with Crippen LogP contribution >= 0.6 is 0 Å². The van der Waals surface area contributed by atoms with Crippen molar-refractivity contribution < 1.29 is 4.74 Å². The van der Waals surface area contributed by atoms with E-state index in [-0.39, 0.29) is 0 Å². The lowest BCUT2D eigenvalue weighted by molar-refractivity contribution is 0.198. The molecule has 3 heteroatoms. The maximum Gasteiger partial charge on any atom is 0.122 e. The van der Waals surface area contributed by atoms with E-state index in [1.165, 1.54) is 19.3 Å². The van der Waals surface area contributed by atoms with Crippen molar-refractivity contribution in [3.63, 3.8) is 0 Å². The van der Waals surface area contributed by atoms with Crippen molar-refractivity contribution in [2.24, 2.45) is 11.8 Å². The third kappa shape index (κ3) is 3.83. The molecule has 1 fully saturated rings. The number of hydrogen-bond acceptors (Lipinski definition) is 3. The minimum Gasteiger partial charge on any atom is -0.493 e. The second kappa shape index (κ2) is 6.40. The normalized spacial score (nSPS) is 25.6. The first-order chi connectivity index (χ1) is 9.81. The lowest BCUT2D eigenvalue weighted by atomic mass is 9.85. The fourth-order valence-electron chi connectivity index (χ4n) is 2.62. The summed E-state index contributed by atoms with van der Waals surface area (Å²) in [5.74, 6) is 2.31. The van der Waals surface area contributed by atoms with Gasteiger partial charge in [0.2, 0.25) is 0 Å². The van der Waals surface area contributed by atoms with Gasteiger partial charge in [-0.2, -0.15) is 0 Å². The summed E-state index contributed by atoms with van der Waals surface area (Å²) in [6.07, 6.45) is 11.4. The summed E-state index contributed by atoms with van der Waals surface area (Å²) in [7, 11) is 0. The smallest absolute Gasteiger partial charge is 0.122 e. The zero-order valence-electron chi connectivity index (χ0n) is 12.2. The number of aromatic nitrogens is 1. The third-order valence-electron chi connectivity index (χ3n) is 4.32. The van der Waals surface area contributed by atoms with Crippen LogP contribution in [0.25, 0.3) is 0 Å². The number of pyridine rings is 1. The molecule has 2 aliphatic carbocycles. The monoisotopic (exact) mass is 272 g/mol. The van der Waals surface area contributed by atoms with Gasteiger partial charge in [0, 0.05) is 24.8 Å². The van der Waals surface area contributed by atoms with E-state index in [4.69, 9.17) is 4.74 Å². The van der Waals surface area contributed by atoms with Gasteiger partial charge in [-0.25, -0.2) is 0 Å². The number of nitrogens with one attached hydrogen (secondary N) is 1. The Balaban J connectivity index is 1.51. The van der Waals surface area contributed by atoms with Gasteiger partial charge in [0.05, 0.1) is 12.3 Å². The molecule has 1 saturated carbocycles. The average Bonchev–Trinajstić information content (AvgIpc) is 3.29. The van der Waals surface area contributed by atoms with Crippen molar-refractivity contribution in [3.05, 3.63) is 36.2 Å². The Labute approximate surface area is 121 Å². The van der Waals surface area contributed by atoms with Crippen molar-refractivity contribution in [3.8, 4) is 5.75 Å². The molecule has 108 valence electrons. The molecule has 0 spiro atoms. The summed E-state index contributed by atoms with van der Waals surface area (Å²) in [6.45, 7) is 3.98. The van der Waals surface area contributed by atoms with E-state index in [2.05, 4.69) is 35.4 Å². The van der Waals surface area contributed by atoms with E-state index in [9.17, 15) is 0 Å². The van der Waals surface area contributed by atoms with Crippen molar-refractivity contribution in [2.45, 2.75) is 45.2 Å². The topological polar surface area (TPSA) is 34.1 Å². The molecule has 0 radical (unpaired) electrons. The van der Waals surface area contributed by atoms with Crippen molar-refractivity contribution >= 4 is 0 Å². The van der Waals surface area contributed by atoms with Crippen LogP contribution in [0.1, 0.15) is 38.3 Å². The molecular formula is C17H24N2O. The minimum atomic E-state index is 0.640. The van der Waals surface area contributed by atoms with Crippen LogP contribution in [0.3, 0.4) is 0 Å². The molecule has 1 N–H and O–H groups in total. The van der Waals surface area contributed by atoms with E-state index in [0.717, 1.165) is 43.0 Å². The number of allylic oxidation sites excluding steroid dienone is 2. The molecule has 0 amide bonds. The second-order valence-corrected chi connectivity index (χ2v) is 6.13.